The Kier molecular flexibility index (Phi) is 9.21. The number of rotatable bonds is 11. The van der Waals surface area contributed by atoms with E-state index in [4.69, 9.17) is 14.2 Å². The van der Waals surface area contributed by atoms with E-state index >= 15 is 0 Å². The number of aliphatic hydroxyl groups is 1. The van der Waals surface area contributed by atoms with Crippen LogP contribution in [-0.2, 0) is 9.59 Å². The highest BCUT2D eigenvalue weighted by Gasteiger charge is 2.46. The molecule has 0 aliphatic carbocycles. The first kappa shape index (κ1) is 28.1. The Bertz CT molecular complexity index is 1170. The summed E-state index contributed by atoms with van der Waals surface area (Å²) in [5.74, 6) is 0.218. The molecule has 1 atom stereocenters. The zero-order chi connectivity index (χ0) is 27.3. The van der Waals surface area contributed by atoms with E-state index < -0.39 is 17.7 Å². The molecule has 1 unspecified atom stereocenters. The van der Waals surface area contributed by atoms with Gasteiger partial charge in [0, 0.05) is 18.7 Å². The number of hydrogen-bond acceptors (Lipinski definition) is 7. The number of carbonyl (C=O) groups is 2. The van der Waals surface area contributed by atoms with Gasteiger partial charge in [-0.1, -0.05) is 6.07 Å². The second-order valence-corrected chi connectivity index (χ2v) is 9.51. The predicted octanol–water partition coefficient (Wildman–Crippen LogP) is 4.56. The lowest BCUT2D eigenvalue weighted by molar-refractivity contribution is -0.140. The molecule has 2 aromatic carbocycles. The Labute approximate surface area is 219 Å². The van der Waals surface area contributed by atoms with Gasteiger partial charge in [-0.25, -0.2) is 0 Å². The van der Waals surface area contributed by atoms with Crippen LogP contribution in [0.4, 0.5) is 0 Å². The molecule has 8 nitrogen and oxygen atoms in total. The number of ketones is 1. The van der Waals surface area contributed by atoms with Gasteiger partial charge in [0.2, 0.25) is 0 Å². The number of amides is 1. The lowest BCUT2D eigenvalue weighted by Gasteiger charge is -2.27. The first-order chi connectivity index (χ1) is 17.6. The summed E-state index contributed by atoms with van der Waals surface area (Å²) in [4.78, 5) is 30.0. The molecule has 3 rings (SSSR count). The minimum atomic E-state index is -0.776. The molecule has 1 N–H and O–H groups in total. The van der Waals surface area contributed by atoms with E-state index in [2.05, 4.69) is 0 Å². The van der Waals surface area contributed by atoms with Crippen molar-refractivity contribution in [1.82, 2.24) is 9.80 Å². The number of aliphatic hydroxyl groups excluding tert-OH is 1. The van der Waals surface area contributed by atoms with Crippen molar-refractivity contribution >= 4 is 17.4 Å². The van der Waals surface area contributed by atoms with E-state index in [0.717, 1.165) is 5.56 Å². The van der Waals surface area contributed by atoms with Crippen molar-refractivity contribution in [3.8, 4) is 17.2 Å². The van der Waals surface area contributed by atoms with Crippen molar-refractivity contribution < 1.29 is 28.9 Å². The summed E-state index contributed by atoms with van der Waals surface area (Å²) in [6.45, 7) is 11.3. The highest BCUT2D eigenvalue weighted by Crippen LogP contribution is 2.42. The summed E-state index contributed by atoms with van der Waals surface area (Å²) in [5, 5.41) is 11.4. The van der Waals surface area contributed by atoms with Crippen LogP contribution in [-0.4, -0.2) is 73.1 Å². The summed E-state index contributed by atoms with van der Waals surface area (Å²) in [5.41, 5.74) is 1.96. The van der Waals surface area contributed by atoms with Crippen molar-refractivity contribution in [3.63, 3.8) is 0 Å². The van der Waals surface area contributed by atoms with Gasteiger partial charge in [-0.3, -0.25) is 9.59 Å². The Morgan fingerprint density at radius 3 is 2.24 bits per heavy atom. The number of nitrogens with zero attached hydrogens (tertiary/aromatic N) is 2. The number of Topliss-reactive ketones (excluding diaryl/α,β-unsaturated/α-hetero) is 1. The van der Waals surface area contributed by atoms with Crippen molar-refractivity contribution in [2.24, 2.45) is 0 Å². The molecule has 0 spiro atoms. The predicted molar refractivity (Wildman–Crippen MR) is 143 cm³/mol. The SMILES string of the molecule is CCOc1ccc(C2/C(=C(/O)c3ccc(OC(C)C)c(C)c3)C(=O)C(=O)N2CCN(C)C)cc1OCC. The maximum atomic E-state index is 13.3. The maximum absolute atomic E-state index is 13.3. The second kappa shape index (κ2) is 12.1. The topological polar surface area (TPSA) is 88.5 Å². The fourth-order valence-corrected chi connectivity index (χ4v) is 4.34. The van der Waals surface area contributed by atoms with Crippen LogP contribution in [0.5, 0.6) is 17.2 Å². The molecule has 1 heterocycles. The van der Waals surface area contributed by atoms with Gasteiger partial charge in [0.1, 0.15) is 11.5 Å². The van der Waals surface area contributed by atoms with Crippen LogP contribution in [0, 0.1) is 6.92 Å². The van der Waals surface area contributed by atoms with Crippen molar-refractivity contribution in [3.05, 3.63) is 58.7 Å². The van der Waals surface area contributed by atoms with E-state index in [0.29, 0.717) is 54.7 Å². The van der Waals surface area contributed by atoms with Crippen LogP contribution in [0.15, 0.2) is 42.0 Å². The Hall–Kier alpha value is -3.52. The molecule has 8 heteroatoms. The zero-order valence-electron chi connectivity index (χ0n) is 22.8. The largest absolute Gasteiger partial charge is 0.507 e. The van der Waals surface area contributed by atoms with Gasteiger partial charge in [0.05, 0.1) is 30.9 Å². The smallest absolute Gasteiger partial charge is 0.295 e. The van der Waals surface area contributed by atoms with Crippen LogP contribution < -0.4 is 14.2 Å². The summed E-state index contributed by atoms with van der Waals surface area (Å²) >= 11 is 0. The van der Waals surface area contributed by atoms with Crippen molar-refractivity contribution in [1.29, 1.82) is 0 Å². The van der Waals surface area contributed by atoms with Gasteiger partial charge >= 0.3 is 0 Å². The number of likely N-dealkylation sites (tertiary alicyclic amines) is 1. The molecule has 1 aliphatic heterocycles. The molecule has 2 aromatic rings. The standard InChI is InChI=1S/C29H38N2O6/c1-8-35-23-13-10-20(17-24(23)36-9-2)26-25(28(33)29(34)31(26)15-14-30(6)7)27(32)21-11-12-22(19(5)16-21)37-18(3)4/h10-13,16-18,26,32H,8-9,14-15H2,1-7H3/b27-25-. The van der Waals surface area contributed by atoms with E-state index in [1.54, 1.807) is 30.3 Å². The van der Waals surface area contributed by atoms with E-state index in [9.17, 15) is 14.7 Å². The maximum Gasteiger partial charge on any atom is 0.295 e. The normalized spacial score (nSPS) is 17.1. The Morgan fingerprint density at radius 2 is 1.65 bits per heavy atom. The molecular formula is C29H38N2O6. The molecule has 200 valence electrons. The molecule has 1 saturated heterocycles. The minimum absolute atomic E-state index is 0.000589. The number of hydrogen-bond donors (Lipinski definition) is 1. The fourth-order valence-electron chi connectivity index (χ4n) is 4.34. The first-order valence-electron chi connectivity index (χ1n) is 12.7. The van der Waals surface area contributed by atoms with Gasteiger partial charge in [-0.2, -0.15) is 0 Å². The van der Waals surface area contributed by atoms with Crippen LogP contribution in [0.2, 0.25) is 0 Å². The van der Waals surface area contributed by atoms with Gasteiger partial charge in [-0.05, 0) is 90.2 Å². The minimum Gasteiger partial charge on any atom is -0.507 e. The van der Waals surface area contributed by atoms with Crippen LogP contribution in [0.1, 0.15) is 50.4 Å². The third-order valence-corrected chi connectivity index (χ3v) is 6.02. The zero-order valence-corrected chi connectivity index (χ0v) is 22.8. The van der Waals surface area contributed by atoms with Crippen molar-refractivity contribution in [2.75, 3.05) is 40.4 Å². The molecular weight excluding hydrogens is 472 g/mol. The fraction of sp³-hybridized carbons (Fsp3) is 0.448. The lowest BCUT2D eigenvalue weighted by atomic mass is 9.94. The van der Waals surface area contributed by atoms with Crippen molar-refractivity contribution in [2.45, 2.75) is 46.8 Å². The third kappa shape index (κ3) is 6.25. The number of ether oxygens (including phenoxy) is 3. The quantitative estimate of drug-likeness (QED) is 0.269. The lowest BCUT2D eigenvalue weighted by Crippen LogP contribution is -2.35. The molecule has 1 fully saturated rings. The molecule has 37 heavy (non-hydrogen) atoms. The molecule has 1 aliphatic rings. The number of benzene rings is 2. The first-order valence-corrected chi connectivity index (χ1v) is 12.7. The number of carbonyl (C=O) groups excluding carboxylic acids is 2. The second-order valence-electron chi connectivity index (χ2n) is 9.51. The van der Waals surface area contributed by atoms with Crippen LogP contribution in [0.3, 0.4) is 0 Å². The van der Waals surface area contributed by atoms with E-state index in [1.165, 1.54) is 4.90 Å². The van der Waals surface area contributed by atoms with Gasteiger partial charge in [-0.15, -0.1) is 0 Å². The molecule has 1 amide bonds. The number of likely N-dealkylation sites (N-methyl/N-ethyl adjacent to an activating group) is 1. The third-order valence-electron chi connectivity index (χ3n) is 6.02. The summed E-state index contributed by atoms with van der Waals surface area (Å²) < 4.78 is 17.3. The molecule has 0 radical (unpaired) electrons. The van der Waals surface area contributed by atoms with Crippen LogP contribution in [0.25, 0.3) is 5.76 Å². The highest BCUT2D eigenvalue weighted by atomic mass is 16.5. The average Bonchev–Trinajstić information content (AvgIpc) is 3.09. The Balaban J connectivity index is 2.16. The highest BCUT2D eigenvalue weighted by molar-refractivity contribution is 6.46. The summed E-state index contributed by atoms with van der Waals surface area (Å²) in [6, 6.07) is 9.83. The average molecular weight is 511 g/mol. The Morgan fingerprint density at radius 1 is 1.00 bits per heavy atom. The van der Waals surface area contributed by atoms with Gasteiger partial charge in [0.15, 0.2) is 11.5 Å². The summed E-state index contributed by atoms with van der Waals surface area (Å²) in [7, 11) is 3.80. The van der Waals surface area contributed by atoms with Gasteiger partial charge in [0.25, 0.3) is 11.7 Å². The van der Waals surface area contributed by atoms with Crippen LogP contribution >= 0.6 is 0 Å². The van der Waals surface area contributed by atoms with E-state index in [-0.39, 0.29) is 17.4 Å². The molecule has 0 aromatic heterocycles. The number of aryl methyl sites for hydroxylation is 1. The monoisotopic (exact) mass is 510 g/mol. The molecule has 0 bridgehead atoms. The van der Waals surface area contributed by atoms with Gasteiger partial charge < -0.3 is 29.1 Å². The summed E-state index contributed by atoms with van der Waals surface area (Å²) in [6.07, 6.45) is -0.000589. The van der Waals surface area contributed by atoms with E-state index in [1.807, 2.05) is 59.7 Å². The molecule has 0 saturated carbocycles.